The normalized spacial score (nSPS) is 11.6. The predicted molar refractivity (Wildman–Crippen MR) is 108 cm³/mol. The Morgan fingerprint density at radius 2 is 1.86 bits per heavy atom. The second-order valence-electron chi connectivity index (χ2n) is 6.64. The first-order valence-corrected chi connectivity index (χ1v) is 9.30. The van der Waals surface area contributed by atoms with E-state index in [-0.39, 0.29) is 30.2 Å². The van der Waals surface area contributed by atoms with E-state index in [0.29, 0.717) is 16.8 Å². The molecule has 29 heavy (non-hydrogen) atoms. The first-order valence-electron chi connectivity index (χ1n) is 9.30. The molecule has 1 N–H and O–H groups in total. The molecule has 0 saturated carbocycles. The number of carbonyl (C=O) groups is 3. The summed E-state index contributed by atoms with van der Waals surface area (Å²) in [5.74, 6) is -1.72. The molecule has 0 fully saturated rings. The highest BCUT2D eigenvalue weighted by Gasteiger charge is 2.31. The van der Waals surface area contributed by atoms with E-state index in [4.69, 9.17) is 4.74 Å². The molecular weight excluding hydrogens is 375 g/mol. The molecule has 0 spiro atoms. The zero-order valence-corrected chi connectivity index (χ0v) is 17.0. The minimum Gasteiger partial charge on any atom is -0.461 e. The first kappa shape index (κ1) is 22.1. The van der Waals surface area contributed by atoms with E-state index in [1.807, 2.05) is 0 Å². The number of aromatic amines is 1. The molecule has 1 aromatic carbocycles. The Morgan fingerprint density at radius 3 is 2.41 bits per heavy atom. The molecular formula is C22H25FN2O4. The van der Waals surface area contributed by atoms with Crippen LogP contribution in [0, 0.1) is 19.7 Å². The fourth-order valence-electron chi connectivity index (χ4n) is 3.19. The maximum atomic E-state index is 13.2. The quantitative estimate of drug-likeness (QED) is 0.415. The maximum absolute atomic E-state index is 13.2. The maximum Gasteiger partial charge on any atom is 0.355 e. The number of aromatic nitrogens is 1. The van der Waals surface area contributed by atoms with E-state index in [2.05, 4.69) is 11.6 Å². The van der Waals surface area contributed by atoms with E-state index in [1.54, 1.807) is 27.7 Å². The van der Waals surface area contributed by atoms with Gasteiger partial charge in [-0.15, -0.1) is 6.58 Å². The van der Waals surface area contributed by atoms with Gasteiger partial charge in [-0.2, -0.15) is 0 Å². The van der Waals surface area contributed by atoms with Crippen LogP contribution in [0.1, 0.15) is 56.3 Å². The number of H-pyrrole nitrogens is 1. The lowest BCUT2D eigenvalue weighted by atomic mass is 9.99. The number of amides is 1. The Hall–Kier alpha value is -3.22. The lowest BCUT2D eigenvalue weighted by Gasteiger charge is -2.27. The van der Waals surface area contributed by atoms with Gasteiger partial charge in [0.15, 0.2) is 5.78 Å². The largest absolute Gasteiger partial charge is 0.461 e. The summed E-state index contributed by atoms with van der Waals surface area (Å²) in [6.45, 7) is 10.7. The lowest BCUT2D eigenvalue weighted by Crippen LogP contribution is -2.43. The molecule has 0 bridgehead atoms. The number of Topliss-reactive ketones (excluding diaryl/α,β-unsaturated/α-hetero) is 1. The van der Waals surface area contributed by atoms with Crippen LogP contribution in [0.25, 0.3) is 0 Å². The van der Waals surface area contributed by atoms with Gasteiger partial charge in [0, 0.05) is 23.4 Å². The van der Waals surface area contributed by atoms with E-state index >= 15 is 0 Å². The summed E-state index contributed by atoms with van der Waals surface area (Å²) < 4.78 is 18.2. The molecule has 0 aliphatic carbocycles. The van der Waals surface area contributed by atoms with Crippen LogP contribution in [-0.2, 0) is 4.74 Å². The number of nitrogens with zero attached hydrogens (tertiary/aromatic N) is 1. The Bertz CT molecular complexity index is 931. The average Bonchev–Trinajstić information content (AvgIpc) is 2.99. The zero-order valence-electron chi connectivity index (χ0n) is 17.0. The minimum absolute atomic E-state index is 0.135. The molecule has 0 saturated heterocycles. The fraction of sp³-hybridized carbons (Fsp3) is 0.318. The van der Waals surface area contributed by atoms with Crippen LogP contribution >= 0.6 is 0 Å². The molecule has 0 aliphatic rings. The topological polar surface area (TPSA) is 79.5 Å². The smallest absolute Gasteiger partial charge is 0.355 e. The number of aryl methyl sites for hydroxylation is 1. The number of hydrogen-bond acceptors (Lipinski definition) is 4. The molecule has 1 amide bonds. The van der Waals surface area contributed by atoms with Gasteiger partial charge in [-0.25, -0.2) is 9.18 Å². The van der Waals surface area contributed by atoms with Crippen LogP contribution < -0.4 is 0 Å². The number of nitrogens with one attached hydrogen (secondary N) is 1. The molecule has 1 heterocycles. The molecule has 1 atom stereocenters. The zero-order chi connectivity index (χ0) is 21.7. The Labute approximate surface area is 169 Å². The van der Waals surface area contributed by atoms with E-state index < -0.39 is 23.7 Å². The van der Waals surface area contributed by atoms with Crippen molar-refractivity contribution >= 4 is 17.7 Å². The lowest BCUT2D eigenvalue weighted by molar-refractivity contribution is 0.0519. The van der Waals surface area contributed by atoms with Gasteiger partial charge in [-0.05, 0) is 57.5 Å². The number of carbonyl (C=O) groups excluding carboxylic acids is 3. The highest BCUT2D eigenvalue weighted by atomic mass is 19.1. The van der Waals surface area contributed by atoms with Gasteiger partial charge in [0.1, 0.15) is 11.5 Å². The number of halogens is 1. The third-order valence-corrected chi connectivity index (χ3v) is 4.69. The van der Waals surface area contributed by atoms with Gasteiger partial charge in [0.05, 0.1) is 12.6 Å². The summed E-state index contributed by atoms with van der Waals surface area (Å²) in [6, 6.07) is 4.30. The highest BCUT2D eigenvalue weighted by molar-refractivity contribution is 6.07. The van der Waals surface area contributed by atoms with Gasteiger partial charge in [0.25, 0.3) is 5.91 Å². The summed E-state index contributed by atoms with van der Waals surface area (Å²) in [5.41, 5.74) is 1.84. The van der Waals surface area contributed by atoms with Crippen molar-refractivity contribution < 1.29 is 23.5 Å². The van der Waals surface area contributed by atoms with E-state index in [1.165, 1.54) is 35.2 Å². The summed E-state index contributed by atoms with van der Waals surface area (Å²) in [4.78, 5) is 42.5. The summed E-state index contributed by atoms with van der Waals surface area (Å²) in [5, 5.41) is 0. The Balaban J connectivity index is 2.37. The Kier molecular flexibility index (Phi) is 7.09. The molecule has 0 aliphatic heterocycles. The van der Waals surface area contributed by atoms with E-state index in [9.17, 15) is 18.8 Å². The van der Waals surface area contributed by atoms with Crippen LogP contribution in [0.15, 0.2) is 36.9 Å². The molecule has 6 nitrogen and oxygen atoms in total. The molecule has 7 heteroatoms. The van der Waals surface area contributed by atoms with Crippen LogP contribution in [0.3, 0.4) is 0 Å². The third kappa shape index (κ3) is 4.62. The van der Waals surface area contributed by atoms with Gasteiger partial charge in [0.2, 0.25) is 0 Å². The summed E-state index contributed by atoms with van der Waals surface area (Å²) in [6.07, 6.45) is 1.52. The number of esters is 1. The van der Waals surface area contributed by atoms with Crippen molar-refractivity contribution in [1.29, 1.82) is 0 Å². The second-order valence-corrected chi connectivity index (χ2v) is 6.64. The number of ether oxygens (including phenoxy) is 1. The van der Waals surface area contributed by atoms with E-state index in [0.717, 1.165) is 0 Å². The van der Waals surface area contributed by atoms with Crippen molar-refractivity contribution in [1.82, 2.24) is 9.88 Å². The SMILES string of the molecule is C=CCN(C(=O)c1ccc(F)cc1)[C@H](C)C(=O)c1c(C)[nH]c(C(=O)OCC)c1C. The van der Waals surface area contributed by atoms with Crippen molar-refractivity contribution in [3.63, 3.8) is 0 Å². The van der Waals surface area contributed by atoms with Crippen molar-refractivity contribution in [2.45, 2.75) is 33.7 Å². The van der Waals surface area contributed by atoms with Crippen LogP contribution in [0.5, 0.6) is 0 Å². The number of benzene rings is 1. The molecule has 154 valence electrons. The molecule has 0 unspecified atom stereocenters. The van der Waals surface area contributed by atoms with Crippen molar-refractivity contribution in [2.24, 2.45) is 0 Å². The van der Waals surface area contributed by atoms with Crippen molar-refractivity contribution in [2.75, 3.05) is 13.2 Å². The van der Waals surface area contributed by atoms with Crippen molar-refractivity contribution in [3.05, 3.63) is 70.8 Å². The Morgan fingerprint density at radius 1 is 1.24 bits per heavy atom. The van der Waals surface area contributed by atoms with Gasteiger partial charge in [-0.1, -0.05) is 6.08 Å². The number of hydrogen-bond donors (Lipinski definition) is 1. The number of ketones is 1. The monoisotopic (exact) mass is 400 g/mol. The van der Waals surface area contributed by atoms with Crippen molar-refractivity contribution in [3.8, 4) is 0 Å². The van der Waals surface area contributed by atoms with Crippen LogP contribution in [0.2, 0.25) is 0 Å². The van der Waals surface area contributed by atoms with Crippen LogP contribution in [-0.4, -0.2) is 46.7 Å². The predicted octanol–water partition coefficient (Wildman–Crippen LogP) is 3.85. The van der Waals surface area contributed by atoms with Gasteiger partial charge >= 0.3 is 5.97 Å². The third-order valence-electron chi connectivity index (χ3n) is 4.69. The molecule has 1 aromatic heterocycles. The average molecular weight is 400 g/mol. The molecule has 2 aromatic rings. The molecule has 0 radical (unpaired) electrons. The highest BCUT2D eigenvalue weighted by Crippen LogP contribution is 2.23. The van der Waals surface area contributed by atoms with Gasteiger partial charge in [-0.3, -0.25) is 9.59 Å². The standard InChI is InChI=1S/C22H25FN2O4/c1-6-12-25(21(27)16-8-10-17(23)11-9-16)15(5)20(26)18-13(3)19(24-14(18)4)22(28)29-7-2/h6,8-11,15,24H,1,7,12H2,2-5H3/t15-/m1/s1. The fourth-order valence-corrected chi connectivity index (χ4v) is 3.19. The number of rotatable bonds is 8. The minimum atomic E-state index is -0.825. The summed E-state index contributed by atoms with van der Waals surface area (Å²) in [7, 11) is 0. The van der Waals surface area contributed by atoms with Crippen LogP contribution in [0.4, 0.5) is 4.39 Å². The molecule has 2 rings (SSSR count). The van der Waals surface area contributed by atoms with Gasteiger partial charge < -0.3 is 14.6 Å². The first-order chi connectivity index (χ1) is 13.7. The second kappa shape index (κ2) is 9.32. The summed E-state index contributed by atoms with van der Waals surface area (Å²) >= 11 is 0.